The summed E-state index contributed by atoms with van der Waals surface area (Å²) in [5, 5.41) is 49.9. The van der Waals surface area contributed by atoms with Crippen LogP contribution in [0.1, 0.15) is 81.8 Å². The summed E-state index contributed by atoms with van der Waals surface area (Å²) in [6.45, 7) is 14.4. The van der Waals surface area contributed by atoms with Gasteiger partial charge in [0.15, 0.2) is 6.10 Å². The van der Waals surface area contributed by atoms with Gasteiger partial charge in [-0.3, -0.25) is 4.79 Å². The molecule has 5 atom stereocenters. The summed E-state index contributed by atoms with van der Waals surface area (Å²) in [5.74, 6) is -1.26. The molecule has 0 radical (unpaired) electrons. The van der Waals surface area contributed by atoms with Gasteiger partial charge in [0.2, 0.25) is 0 Å². The maximum atomic E-state index is 13.6. The van der Waals surface area contributed by atoms with E-state index in [0.29, 0.717) is 17.8 Å². The van der Waals surface area contributed by atoms with Gasteiger partial charge in [0.1, 0.15) is 24.1 Å². The van der Waals surface area contributed by atoms with E-state index in [1.54, 1.807) is 17.0 Å². The van der Waals surface area contributed by atoms with Crippen molar-refractivity contribution in [2.24, 2.45) is 0 Å². The van der Waals surface area contributed by atoms with Gasteiger partial charge in [-0.1, -0.05) is 47.1 Å². The fraction of sp³-hybridized carbons (Fsp3) is 0.459. The number of nitrogens with one attached hydrogen (secondary N) is 1. The Morgan fingerprint density at radius 3 is 2.17 bits per heavy atom. The van der Waals surface area contributed by atoms with Crippen LogP contribution in [0.25, 0.3) is 0 Å². The van der Waals surface area contributed by atoms with E-state index in [-0.39, 0.29) is 11.7 Å². The molecule has 2 aliphatic heterocycles. The van der Waals surface area contributed by atoms with Crippen LogP contribution in [0.3, 0.4) is 0 Å². The number of allylic oxidation sites excluding steroid dienone is 5. The van der Waals surface area contributed by atoms with Crippen molar-refractivity contribution in [3.63, 3.8) is 0 Å². The molecule has 2 aromatic carbocycles. The van der Waals surface area contributed by atoms with Gasteiger partial charge in [-0.2, -0.15) is 0 Å². The number of amides is 1. The molecule has 1 saturated heterocycles. The summed E-state index contributed by atoms with van der Waals surface area (Å²) in [4.78, 5) is 25.9. The van der Waals surface area contributed by atoms with Crippen molar-refractivity contribution in [1.82, 2.24) is 0 Å². The highest BCUT2D eigenvalue weighted by molar-refractivity contribution is 6.14. The van der Waals surface area contributed by atoms with Crippen LogP contribution in [0.5, 0.6) is 5.75 Å². The van der Waals surface area contributed by atoms with Crippen molar-refractivity contribution in [3.8, 4) is 5.75 Å². The van der Waals surface area contributed by atoms with E-state index in [4.69, 9.17) is 9.84 Å². The number of nitrogens with zero attached hydrogens (tertiary/aromatic N) is 1. The summed E-state index contributed by atoms with van der Waals surface area (Å²) >= 11 is 0. The summed E-state index contributed by atoms with van der Waals surface area (Å²) in [6, 6.07) is 9.19. The molecule has 47 heavy (non-hydrogen) atoms. The quantitative estimate of drug-likeness (QED) is 0.140. The predicted molar refractivity (Wildman–Crippen MR) is 184 cm³/mol. The van der Waals surface area contributed by atoms with Gasteiger partial charge in [-0.15, -0.1) is 0 Å². The molecule has 2 aromatic rings. The third-order valence-corrected chi connectivity index (χ3v) is 8.43. The molecule has 10 nitrogen and oxygen atoms in total. The molecule has 256 valence electrons. The van der Waals surface area contributed by atoms with Crippen LogP contribution in [-0.2, 0) is 9.53 Å². The number of para-hydroxylation sites is 1. The van der Waals surface area contributed by atoms with E-state index in [9.17, 15) is 30.0 Å². The van der Waals surface area contributed by atoms with Gasteiger partial charge in [0.05, 0.1) is 28.7 Å². The molecule has 1 fully saturated rings. The number of fused-ring (bicyclic) bond motifs is 2. The number of carbonyl (C=O) groups is 2. The second-order valence-electron chi connectivity index (χ2n) is 12.7. The predicted octanol–water partition coefficient (Wildman–Crippen LogP) is 6.07. The van der Waals surface area contributed by atoms with Gasteiger partial charge in [0, 0.05) is 12.6 Å². The van der Waals surface area contributed by atoms with E-state index >= 15 is 0 Å². The Hall–Kier alpha value is -3.96. The van der Waals surface area contributed by atoms with Crippen LogP contribution in [0.15, 0.2) is 65.3 Å². The molecule has 0 spiro atoms. The second kappa shape index (κ2) is 16.7. The Bertz CT molecular complexity index is 1520. The number of rotatable bonds is 9. The molecule has 0 aliphatic carbocycles. The van der Waals surface area contributed by atoms with Crippen molar-refractivity contribution in [2.45, 2.75) is 105 Å². The molecule has 1 amide bonds. The first kappa shape index (κ1) is 37.5. The number of carboxylic acid groups (broad SMARTS) is 1. The van der Waals surface area contributed by atoms with Crippen molar-refractivity contribution < 1.29 is 39.9 Å². The number of anilines is 3. The first-order valence-electron chi connectivity index (χ1n) is 16.0. The topological polar surface area (TPSA) is 160 Å². The lowest BCUT2D eigenvalue weighted by atomic mass is 9.96. The fourth-order valence-corrected chi connectivity index (χ4v) is 5.54. The molecule has 0 saturated carbocycles. The maximum absolute atomic E-state index is 13.6. The Labute approximate surface area is 277 Å². The first-order valence-corrected chi connectivity index (χ1v) is 16.0. The van der Waals surface area contributed by atoms with E-state index in [0.717, 1.165) is 48.2 Å². The minimum absolute atomic E-state index is 0.0611. The number of carboxylic acids is 1. The average molecular weight is 651 g/mol. The molecular weight excluding hydrogens is 600 g/mol. The van der Waals surface area contributed by atoms with Crippen LogP contribution in [0, 0.1) is 13.8 Å². The summed E-state index contributed by atoms with van der Waals surface area (Å²) in [6.07, 6.45) is 4.28. The fourth-order valence-electron chi connectivity index (χ4n) is 5.54. The third kappa shape index (κ3) is 9.77. The summed E-state index contributed by atoms with van der Waals surface area (Å²) in [7, 11) is 0. The summed E-state index contributed by atoms with van der Waals surface area (Å²) in [5.41, 5.74) is 9.01. The second-order valence-corrected chi connectivity index (χ2v) is 12.7. The standard InChI is InChI=1S/C30H38N2O2.C7H12O6/c1-20(2)10-7-11-21(3)12-8-13-22(4)16-17-32-27-19-25(33)18-24(6)29(27)31-28-23(5)14-9-15-26(28)30(32)34;1-2-3(8)4(9)5(10)6(13-2)7(11)12/h9-10,12,14-16,18-19,31,33H,7-8,11,13,17H2,1-6H3;2-6,8-10H,1H3,(H,11,12)/b21-12+,22-16+;/t;2-,3+,4-,5+,6+/m.1/s1. The average Bonchev–Trinajstić information content (AvgIpc) is 3.11. The van der Waals surface area contributed by atoms with E-state index < -0.39 is 36.5 Å². The molecule has 6 N–H and O–H groups in total. The summed E-state index contributed by atoms with van der Waals surface area (Å²) < 4.78 is 4.78. The van der Waals surface area contributed by atoms with E-state index in [1.165, 1.54) is 23.6 Å². The molecule has 4 rings (SSSR count). The van der Waals surface area contributed by atoms with Gasteiger partial charge in [0.25, 0.3) is 5.91 Å². The van der Waals surface area contributed by atoms with Crippen LogP contribution in [0.2, 0.25) is 0 Å². The van der Waals surface area contributed by atoms with Gasteiger partial charge >= 0.3 is 5.97 Å². The van der Waals surface area contributed by atoms with Crippen molar-refractivity contribution in [2.75, 3.05) is 16.8 Å². The normalized spacial score (nSPS) is 22.6. The molecule has 0 unspecified atom stereocenters. The highest BCUT2D eigenvalue weighted by Gasteiger charge is 2.45. The SMILES string of the molecule is CC(C)=CCC/C(C)=C/CC/C(C)=C/CN1C(=O)c2cccc(C)c2Nc2c(C)cc(O)cc21.C[C@H]1O[C@H](C(=O)O)[C@@H](O)[C@H](O)[C@H]1O. The Kier molecular flexibility index (Phi) is 13.4. The van der Waals surface area contributed by atoms with Crippen molar-refractivity contribution in [1.29, 1.82) is 0 Å². The molecular formula is C37H50N2O8. The van der Waals surface area contributed by atoms with Crippen LogP contribution in [-0.4, -0.2) is 74.5 Å². The highest BCUT2D eigenvalue weighted by atomic mass is 16.6. The zero-order valence-electron chi connectivity index (χ0n) is 28.4. The number of phenols is 1. The zero-order chi connectivity index (χ0) is 35.0. The lowest BCUT2D eigenvalue weighted by molar-refractivity contribution is -0.223. The Balaban J connectivity index is 0.000000386. The number of hydrogen-bond donors (Lipinski definition) is 6. The van der Waals surface area contributed by atoms with Crippen molar-refractivity contribution in [3.05, 3.63) is 82.0 Å². The Morgan fingerprint density at radius 1 is 0.894 bits per heavy atom. The molecule has 0 aromatic heterocycles. The third-order valence-electron chi connectivity index (χ3n) is 8.43. The number of aliphatic carboxylic acids is 1. The number of aryl methyl sites for hydroxylation is 2. The lowest BCUT2D eigenvalue weighted by Crippen LogP contribution is -2.58. The maximum Gasteiger partial charge on any atom is 0.335 e. The number of aromatic hydroxyl groups is 1. The Morgan fingerprint density at radius 2 is 1.53 bits per heavy atom. The lowest BCUT2D eigenvalue weighted by Gasteiger charge is -2.37. The number of hydrogen-bond acceptors (Lipinski definition) is 8. The highest BCUT2D eigenvalue weighted by Crippen LogP contribution is 2.41. The van der Waals surface area contributed by atoms with Crippen molar-refractivity contribution >= 4 is 28.9 Å². The number of aliphatic hydroxyl groups excluding tert-OH is 3. The smallest absolute Gasteiger partial charge is 0.335 e. The zero-order valence-corrected chi connectivity index (χ0v) is 28.4. The molecule has 0 bridgehead atoms. The van der Waals surface area contributed by atoms with Gasteiger partial charge in [-0.05, 0) is 97.4 Å². The van der Waals surface area contributed by atoms with E-state index in [1.807, 2.05) is 32.0 Å². The molecule has 2 aliphatic rings. The number of phenolic OH excluding ortho intramolecular Hbond substituents is 1. The number of benzene rings is 2. The van der Waals surface area contributed by atoms with Gasteiger partial charge < -0.3 is 40.5 Å². The van der Waals surface area contributed by atoms with Gasteiger partial charge in [-0.25, -0.2) is 4.79 Å². The number of carbonyl (C=O) groups excluding carboxylic acids is 1. The minimum atomic E-state index is -1.59. The number of aliphatic hydroxyl groups is 3. The van der Waals surface area contributed by atoms with Crippen LogP contribution >= 0.6 is 0 Å². The monoisotopic (exact) mass is 650 g/mol. The van der Waals surface area contributed by atoms with Crippen LogP contribution in [0.4, 0.5) is 17.1 Å². The molecule has 2 heterocycles. The van der Waals surface area contributed by atoms with E-state index in [2.05, 4.69) is 51.2 Å². The first-order chi connectivity index (χ1) is 22.1. The minimum Gasteiger partial charge on any atom is -0.508 e. The largest absolute Gasteiger partial charge is 0.508 e. The number of ether oxygens (including phenoxy) is 1. The molecule has 10 heteroatoms. The van der Waals surface area contributed by atoms with Crippen LogP contribution < -0.4 is 10.2 Å².